The molecule has 0 aliphatic carbocycles. The van der Waals surface area contributed by atoms with E-state index in [1.165, 1.54) is 0 Å². The van der Waals surface area contributed by atoms with E-state index in [4.69, 9.17) is 4.74 Å². The largest absolute Gasteiger partial charge is 0.481 e. The number of ether oxygens (including phenoxy) is 1. The zero-order chi connectivity index (χ0) is 11.4. The van der Waals surface area contributed by atoms with Crippen LogP contribution in [0.4, 0.5) is 0 Å². The van der Waals surface area contributed by atoms with Crippen molar-refractivity contribution in [1.29, 1.82) is 0 Å². The highest BCUT2D eigenvalue weighted by Crippen LogP contribution is 2.16. The number of likely N-dealkylation sites (tertiary alicyclic amines) is 1. The zero-order valence-corrected chi connectivity index (χ0v) is 9.40. The van der Waals surface area contributed by atoms with E-state index in [1.807, 2.05) is 4.90 Å². The summed E-state index contributed by atoms with van der Waals surface area (Å²) in [5.41, 5.74) is 0.807. The molecule has 1 amide bonds. The molecule has 0 saturated carbocycles. The van der Waals surface area contributed by atoms with Crippen molar-refractivity contribution in [3.8, 4) is 5.88 Å². The Hall–Kier alpha value is -1.58. The molecule has 1 radical (unpaired) electrons. The highest BCUT2D eigenvalue weighted by Gasteiger charge is 2.19. The van der Waals surface area contributed by atoms with Gasteiger partial charge in [0.25, 0.3) is 0 Å². The molecule has 1 saturated heterocycles. The fourth-order valence-electron chi connectivity index (χ4n) is 1.93. The van der Waals surface area contributed by atoms with Crippen molar-refractivity contribution in [3.63, 3.8) is 0 Å². The molecule has 1 aromatic rings. The molecule has 1 aromatic heterocycles. The van der Waals surface area contributed by atoms with Crippen LogP contribution in [0.25, 0.3) is 0 Å². The minimum Gasteiger partial charge on any atom is -0.481 e. The van der Waals surface area contributed by atoms with E-state index in [-0.39, 0.29) is 5.91 Å². The second-order valence-corrected chi connectivity index (χ2v) is 3.87. The Morgan fingerprint density at radius 3 is 3.00 bits per heavy atom. The van der Waals surface area contributed by atoms with E-state index < -0.39 is 0 Å². The van der Waals surface area contributed by atoms with Crippen molar-refractivity contribution < 1.29 is 9.53 Å². The predicted octanol–water partition coefficient (Wildman–Crippen LogP) is 1.06. The molecule has 0 atom stereocenters. The van der Waals surface area contributed by atoms with Gasteiger partial charge in [-0.15, -0.1) is 0 Å². The number of aromatic nitrogens is 1. The molecule has 2 rings (SSSR count). The molecule has 16 heavy (non-hydrogen) atoms. The maximum atomic E-state index is 11.9. The van der Waals surface area contributed by atoms with Crippen LogP contribution in [0.2, 0.25) is 0 Å². The van der Waals surface area contributed by atoms with E-state index in [0.717, 1.165) is 31.5 Å². The molecule has 0 bridgehead atoms. The number of nitrogens with zero attached hydrogens (tertiary/aromatic N) is 2. The van der Waals surface area contributed by atoms with Gasteiger partial charge in [-0.2, -0.15) is 0 Å². The summed E-state index contributed by atoms with van der Waals surface area (Å²) in [6.07, 6.45) is 4.13. The number of hydrogen-bond donors (Lipinski definition) is 0. The molecule has 1 aliphatic rings. The van der Waals surface area contributed by atoms with Crippen molar-refractivity contribution in [2.45, 2.75) is 19.3 Å². The van der Waals surface area contributed by atoms with Crippen LogP contribution in [0.5, 0.6) is 5.88 Å². The van der Waals surface area contributed by atoms with E-state index in [1.54, 1.807) is 19.4 Å². The lowest BCUT2D eigenvalue weighted by molar-refractivity contribution is -0.129. The topological polar surface area (TPSA) is 42.4 Å². The monoisotopic (exact) mass is 219 g/mol. The number of rotatable bonds is 3. The van der Waals surface area contributed by atoms with Gasteiger partial charge >= 0.3 is 0 Å². The molecule has 0 N–H and O–H groups in total. The van der Waals surface area contributed by atoms with Crippen LogP contribution in [-0.4, -0.2) is 36.0 Å². The van der Waals surface area contributed by atoms with Gasteiger partial charge in [0.05, 0.1) is 13.5 Å². The Kier molecular flexibility index (Phi) is 3.39. The first kappa shape index (κ1) is 10.9. The van der Waals surface area contributed by atoms with Crippen LogP contribution in [0.1, 0.15) is 18.4 Å². The van der Waals surface area contributed by atoms with Crippen LogP contribution in [-0.2, 0) is 11.2 Å². The Morgan fingerprint density at radius 2 is 2.31 bits per heavy atom. The Morgan fingerprint density at radius 1 is 1.56 bits per heavy atom. The minimum absolute atomic E-state index is 0.150. The number of methoxy groups -OCH3 is 1. The summed E-state index contributed by atoms with van der Waals surface area (Å²) in [5, 5.41) is 0. The number of pyridine rings is 1. The van der Waals surface area contributed by atoms with Crippen LogP contribution < -0.4 is 4.74 Å². The SMILES string of the molecule is COc1nc[c]cc1CC(=O)N1CCCC1. The summed E-state index contributed by atoms with van der Waals surface area (Å²) in [4.78, 5) is 17.8. The summed E-state index contributed by atoms with van der Waals surface area (Å²) >= 11 is 0. The molecule has 4 heteroatoms. The summed E-state index contributed by atoms with van der Waals surface area (Å²) in [6, 6.07) is 4.63. The quantitative estimate of drug-likeness (QED) is 0.763. The number of carbonyl (C=O) groups is 1. The van der Waals surface area contributed by atoms with Crippen molar-refractivity contribution in [1.82, 2.24) is 9.88 Å². The van der Waals surface area contributed by atoms with Crippen LogP contribution in [0.3, 0.4) is 0 Å². The molecular weight excluding hydrogens is 204 g/mol. The first-order valence-corrected chi connectivity index (χ1v) is 5.48. The second-order valence-electron chi connectivity index (χ2n) is 3.87. The van der Waals surface area contributed by atoms with Gasteiger partial charge in [0.1, 0.15) is 0 Å². The smallest absolute Gasteiger partial charge is 0.227 e. The second kappa shape index (κ2) is 4.96. The summed E-state index contributed by atoms with van der Waals surface area (Å²) in [7, 11) is 1.56. The molecule has 0 aromatic carbocycles. The fraction of sp³-hybridized carbons (Fsp3) is 0.500. The van der Waals surface area contributed by atoms with Crippen molar-refractivity contribution in [2.24, 2.45) is 0 Å². The van der Waals surface area contributed by atoms with E-state index in [9.17, 15) is 4.79 Å². The standard InChI is InChI=1S/C12H15N2O2/c1-16-12-10(5-4-6-13-12)9-11(15)14-7-2-3-8-14/h5-6H,2-3,7-9H2,1H3. The van der Waals surface area contributed by atoms with Crippen LogP contribution >= 0.6 is 0 Å². The van der Waals surface area contributed by atoms with Crippen molar-refractivity contribution in [2.75, 3.05) is 20.2 Å². The highest BCUT2D eigenvalue weighted by molar-refractivity contribution is 5.79. The van der Waals surface area contributed by atoms with Gasteiger partial charge < -0.3 is 9.64 Å². The first-order chi connectivity index (χ1) is 7.81. The van der Waals surface area contributed by atoms with E-state index >= 15 is 0 Å². The first-order valence-electron chi connectivity index (χ1n) is 5.48. The van der Waals surface area contributed by atoms with Crippen LogP contribution in [0, 0.1) is 6.07 Å². The normalized spacial score (nSPS) is 15.2. The lowest BCUT2D eigenvalue weighted by atomic mass is 10.2. The molecule has 4 nitrogen and oxygen atoms in total. The van der Waals surface area contributed by atoms with Gasteiger partial charge in [-0.1, -0.05) is 0 Å². The molecule has 1 fully saturated rings. The molecular formula is C12H15N2O2. The molecule has 85 valence electrons. The third-order valence-electron chi connectivity index (χ3n) is 2.78. The Labute approximate surface area is 95.2 Å². The summed E-state index contributed by atoms with van der Waals surface area (Å²) in [6.45, 7) is 1.76. The predicted molar refractivity (Wildman–Crippen MR) is 59.1 cm³/mol. The van der Waals surface area contributed by atoms with E-state index in [2.05, 4.69) is 11.1 Å². The third-order valence-corrected chi connectivity index (χ3v) is 2.78. The van der Waals surface area contributed by atoms with Crippen molar-refractivity contribution in [3.05, 3.63) is 23.9 Å². The summed E-state index contributed by atoms with van der Waals surface area (Å²) < 4.78 is 5.11. The maximum absolute atomic E-state index is 11.9. The molecule has 0 spiro atoms. The van der Waals surface area contributed by atoms with Gasteiger partial charge in [0.2, 0.25) is 11.8 Å². The van der Waals surface area contributed by atoms with Gasteiger partial charge in [-0.3, -0.25) is 4.79 Å². The third kappa shape index (κ3) is 2.32. The number of carbonyl (C=O) groups excluding carboxylic acids is 1. The lowest BCUT2D eigenvalue weighted by Gasteiger charge is -2.15. The van der Waals surface area contributed by atoms with Gasteiger partial charge in [0.15, 0.2) is 0 Å². The average Bonchev–Trinajstić information content (AvgIpc) is 2.83. The molecule has 0 unspecified atom stereocenters. The average molecular weight is 219 g/mol. The number of amides is 1. The zero-order valence-electron chi connectivity index (χ0n) is 9.40. The Bertz CT molecular complexity index is 373. The van der Waals surface area contributed by atoms with E-state index in [0.29, 0.717) is 12.3 Å². The fourth-order valence-corrected chi connectivity index (χ4v) is 1.93. The van der Waals surface area contributed by atoms with Gasteiger partial charge in [-0.05, 0) is 18.9 Å². The number of hydrogen-bond acceptors (Lipinski definition) is 3. The van der Waals surface area contributed by atoms with Gasteiger partial charge in [-0.25, -0.2) is 4.98 Å². The van der Waals surface area contributed by atoms with Crippen molar-refractivity contribution >= 4 is 5.91 Å². The van der Waals surface area contributed by atoms with Crippen LogP contribution in [0.15, 0.2) is 12.3 Å². The maximum Gasteiger partial charge on any atom is 0.227 e. The lowest BCUT2D eigenvalue weighted by Crippen LogP contribution is -2.29. The Balaban J connectivity index is 2.05. The van der Waals surface area contributed by atoms with Gasteiger partial charge in [0, 0.05) is 30.9 Å². The summed E-state index contributed by atoms with van der Waals surface area (Å²) in [5.74, 6) is 0.670. The molecule has 2 heterocycles. The minimum atomic E-state index is 0.150. The highest BCUT2D eigenvalue weighted by atomic mass is 16.5. The molecule has 1 aliphatic heterocycles.